The van der Waals surface area contributed by atoms with E-state index in [1.54, 1.807) is 0 Å². The van der Waals surface area contributed by atoms with Crippen LogP contribution in [0.3, 0.4) is 0 Å². The van der Waals surface area contributed by atoms with Gasteiger partial charge in [0.05, 0.1) is 0 Å². The summed E-state index contributed by atoms with van der Waals surface area (Å²) in [7, 11) is 0. The first kappa shape index (κ1) is 14.5. The van der Waals surface area contributed by atoms with Crippen molar-refractivity contribution in [2.24, 2.45) is 0 Å². The van der Waals surface area contributed by atoms with Gasteiger partial charge in [-0.15, -0.1) is 0 Å². The quantitative estimate of drug-likeness (QED) is 0.552. The summed E-state index contributed by atoms with van der Waals surface area (Å²) in [6.07, 6.45) is 3.04. The zero-order chi connectivity index (χ0) is 11.5. The predicted octanol–water partition coefficient (Wildman–Crippen LogP) is 0.797. The minimum atomic E-state index is -0.932. The zero-order valence-corrected chi connectivity index (χ0v) is 10.7. The molecular weight excluding hydrogens is 200 g/mol. The molecule has 3 heteroatoms. The van der Waals surface area contributed by atoms with Crippen molar-refractivity contribution in [2.75, 3.05) is 0 Å². The van der Waals surface area contributed by atoms with Crippen molar-refractivity contribution in [1.29, 1.82) is 0 Å². The van der Waals surface area contributed by atoms with Crippen LogP contribution < -0.4 is 8.80 Å². The Bertz CT molecular complexity index is 260. The van der Waals surface area contributed by atoms with E-state index in [-0.39, 0.29) is 6.42 Å². The number of carboxylic acids is 1. The molecule has 0 fully saturated rings. The van der Waals surface area contributed by atoms with Gasteiger partial charge in [-0.25, -0.2) is 0 Å². The number of carboxylic acid groups (broad SMARTS) is 1. The Kier molecular flexibility index (Phi) is 9.63. The molecule has 1 aromatic rings. The average Bonchev–Trinajstić information content (AvgIpc) is 2.20. The van der Waals surface area contributed by atoms with Crippen molar-refractivity contribution in [2.45, 2.75) is 32.6 Å². The summed E-state index contributed by atoms with van der Waals surface area (Å²) in [5, 5.41) is 9.76. The predicted molar refractivity (Wildman–Crippen MR) is 61.0 cm³/mol. The molecule has 0 radical (unpaired) electrons. The van der Waals surface area contributed by atoms with Gasteiger partial charge >= 0.3 is 55.7 Å². The SMILES string of the molecule is CCCCCC(=O)[O-].[Mg+][c]1ccccc1. The molecule has 0 saturated carbocycles. The van der Waals surface area contributed by atoms with E-state index in [4.69, 9.17) is 0 Å². The van der Waals surface area contributed by atoms with E-state index in [0.717, 1.165) is 19.3 Å². The van der Waals surface area contributed by atoms with Gasteiger partial charge in [0.2, 0.25) is 0 Å². The van der Waals surface area contributed by atoms with Crippen molar-refractivity contribution >= 4 is 31.4 Å². The van der Waals surface area contributed by atoms with Crippen LogP contribution in [0.2, 0.25) is 0 Å². The van der Waals surface area contributed by atoms with Crippen molar-refractivity contribution in [3.63, 3.8) is 0 Å². The molecule has 0 aliphatic carbocycles. The second kappa shape index (κ2) is 9.99. The van der Waals surface area contributed by atoms with Crippen LogP contribution in [0.5, 0.6) is 0 Å². The molecule has 78 valence electrons. The summed E-state index contributed by atoms with van der Waals surface area (Å²) in [5.74, 6) is -0.932. The van der Waals surface area contributed by atoms with Gasteiger partial charge in [0, 0.05) is 5.97 Å². The van der Waals surface area contributed by atoms with E-state index in [1.807, 2.05) is 46.8 Å². The fourth-order valence-corrected chi connectivity index (χ4v) is 1.27. The van der Waals surface area contributed by atoms with Crippen LogP contribution in [-0.2, 0) is 4.79 Å². The van der Waals surface area contributed by atoms with Crippen molar-refractivity contribution in [3.05, 3.63) is 30.3 Å². The van der Waals surface area contributed by atoms with E-state index in [9.17, 15) is 9.90 Å². The van der Waals surface area contributed by atoms with Crippen LogP contribution in [0, 0.1) is 0 Å². The van der Waals surface area contributed by atoms with E-state index >= 15 is 0 Å². The van der Waals surface area contributed by atoms with Gasteiger partial charge in [0.15, 0.2) is 0 Å². The topological polar surface area (TPSA) is 40.1 Å². The summed E-state index contributed by atoms with van der Waals surface area (Å²) >= 11 is 1.90. The van der Waals surface area contributed by atoms with Crippen LogP contribution in [0.4, 0.5) is 0 Å². The third-order valence-electron chi connectivity index (χ3n) is 1.83. The Morgan fingerprint density at radius 2 is 1.87 bits per heavy atom. The monoisotopic (exact) mass is 216 g/mol. The first-order valence-electron chi connectivity index (χ1n) is 5.23. The van der Waals surface area contributed by atoms with Gasteiger partial charge in [-0.05, 0) is 12.8 Å². The summed E-state index contributed by atoms with van der Waals surface area (Å²) in [5.41, 5.74) is 0. The van der Waals surface area contributed by atoms with Crippen molar-refractivity contribution < 1.29 is 9.90 Å². The Morgan fingerprint density at radius 3 is 2.20 bits per heavy atom. The third kappa shape index (κ3) is 11.4. The van der Waals surface area contributed by atoms with Crippen LogP contribution in [0.1, 0.15) is 32.6 Å². The molecule has 0 aromatic heterocycles. The standard InChI is InChI=1S/C6H12O2.C6H5.Mg/c1-2-3-4-5-6(7)8;1-2-4-6-5-3-1;/h2-5H2,1H3,(H,7,8);1-5H;/q;;+1/p-1. The molecule has 0 amide bonds. The minimum absolute atomic E-state index is 0.216. The first-order chi connectivity index (χ1) is 7.16. The normalized spacial score (nSPS) is 9.00. The second-order valence-electron chi connectivity index (χ2n) is 3.31. The number of hydrogen-bond donors (Lipinski definition) is 0. The van der Waals surface area contributed by atoms with Crippen molar-refractivity contribution in [3.8, 4) is 0 Å². The number of carbonyl (C=O) groups is 1. The Labute approximate surface area is 104 Å². The van der Waals surface area contributed by atoms with Gasteiger partial charge < -0.3 is 9.90 Å². The molecule has 15 heavy (non-hydrogen) atoms. The van der Waals surface area contributed by atoms with E-state index in [1.165, 1.54) is 3.69 Å². The molecule has 2 nitrogen and oxygen atoms in total. The fraction of sp³-hybridized carbons (Fsp3) is 0.417. The van der Waals surface area contributed by atoms with E-state index in [0.29, 0.717) is 0 Å². The first-order valence-corrected chi connectivity index (χ1v) is 5.94. The number of unbranched alkanes of at least 4 members (excludes halogenated alkanes) is 2. The summed E-state index contributed by atoms with van der Waals surface area (Å²) in [4.78, 5) is 9.76. The molecule has 0 bridgehead atoms. The second-order valence-corrected chi connectivity index (χ2v) is 4.13. The Morgan fingerprint density at radius 1 is 1.27 bits per heavy atom. The summed E-state index contributed by atoms with van der Waals surface area (Å²) < 4.78 is 1.35. The number of aliphatic carboxylic acids is 1. The van der Waals surface area contributed by atoms with Gasteiger partial charge in [0.1, 0.15) is 0 Å². The maximum absolute atomic E-state index is 9.76. The molecule has 0 atom stereocenters. The van der Waals surface area contributed by atoms with Crippen LogP contribution >= 0.6 is 0 Å². The van der Waals surface area contributed by atoms with Crippen LogP contribution in [0.25, 0.3) is 0 Å². The van der Waals surface area contributed by atoms with E-state index in [2.05, 4.69) is 12.1 Å². The Hall–Kier alpha value is -0.544. The zero-order valence-electron chi connectivity index (χ0n) is 9.24. The molecule has 1 aromatic carbocycles. The molecule has 0 N–H and O–H groups in total. The molecule has 0 spiro atoms. The Balaban J connectivity index is 0.000000262. The van der Waals surface area contributed by atoms with Crippen molar-refractivity contribution in [1.82, 2.24) is 0 Å². The number of hydrogen-bond acceptors (Lipinski definition) is 2. The van der Waals surface area contributed by atoms with Crippen LogP contribution in [0.15, 0.2) is 30.3 Å². The number of carbonyl (C=O) groups excluding carboxylic acids is 1. The molecule has 1 rings (SSSR count). The number of benzene rings is 1. The molecule has 0 saturated heterocycles. The average molecular weight is 217 g/mol. The molecular formula is C12H16MgO2. The third-order valence-corrected chi connectivity index (χ3v) is 2.30. The van der Waals surface area contributed by atoms with E-state index < -0.39 is 5.97 Å². The maximum atomic E-state index is 9.76. The molecule has 0 heterocycles. The van der Waals surface area contributed by atoms with Gasteiger partial charge in [-0.1, -0.05) is 19.8 Å². The van der Waals surface area contributed by atoms with Gasteiger partial charge in [-0.3, -0.25) is 0 Å². The van der Waals surface area contributed by atoms with Gasteiger partial charge in [-0.2, -0.15) is 0 Å². The number of rotatable bonds is 4. The van der Waals surface area contributed by atoms with Crippen LogP contribution in [-0.4, -0.2) is 27.7 Å². The molecule has 0 aliphatic rings. The van der Waals surface area contributed by atoms with Gasteiger partial charge in [0.25, 0.3) is 0 Å². The molecule has 0 unspecified atom stereocenters. The molecule has 0 aliphatic heterocycles. The fourth-order valence-electron chi connectivity index (χ4n) is 0.997. The summed E-state index contributed by atoms with van der Waals surface area (Å²) in [6.45, 7) is 2.04. The summed E-state index contributed by atoms with van der Waals surface area (Å²) in [6, 6.07) is 10.3.